The van der Waals surface area contributed by atoms with Crippen LogP contribution in [0.5, 0.6) is 5.75 Å². The van der Waals surface area contributed by atoms with Gasteiger partial charge in [-0.2, -0.15) is 0 Å². The van der Waals surface area contributed by atoms with Gasteiger partial charge in [0.15, 0.2) is 0 Å². The first-order valence-electron chi connectivity index (χ1n) is 8.16. The summed E-state index contributed by atoms with van der Waals surface area (Å²) in [6, 6.07) is 14.0. The Balaban J connectivity index is 1.48. The van der Waals surface area contributed by atoms with Crippen LogP contribution in [0.2, 0.25) is 0 Å². The molecule has 124 valence electrons. The van der Waals surface area contributed by atoms with Gasteiger partial charge in [0.25, 0.3) is 0 Å². The van der Waals surface area contributed by atoms with E-state index in [4.69, 9.17) is 4.74 Å². The van der Waals surface area contributed by atoms with E-state index in [1.54, 1.807) is 0 Å². The Morgan fingerprint density at radius 2 is 1.96 bits per heavy atom. The standard InChI is InChI=1S/C20H22N2O2/c1-14-6-5-9-19(15(14)2)24-11-10-21-20(23)12-16-13-22-18-8-4-3-7-17(16)18/h3-9,13,22H,10-12H2,1-2H3,(H,21,23). The van der Waals surface area contributed by atoms with Crippen LogP contribution in [-0.4, -0.2) is 24.0 Å². The number of hydrogen-bond donors (Lipinski definition) is 2. The van der Waals surface area contributed by atoms with Gasteiger partial charge in [0.2, 0.25) is 5.91 Å². The molecule has 1 aromatic heterocycles. The van der Waals surface area contributed by atoms with Crippen LogP contribution in [0, 0.1) is 13.8 Å². The van der Waals surface area contributed by atoms with Crippen molar-refractivity contribution < 1.29 is 9.53 Å². The first kappa shape index (κ1) is 16.1. The topological polar surface area (TPSA) is 54.1 Å². The molecule has 0 aliphatic rings. The van der Waals surface area contributed by atoms with Crippen molar-refractivity contribution in [3.8, 4) is 5.75 Å². The zero-order valence-electron chi connectivity index (χ0n) is 14.1. The van der Waals surface area contributed by atoms with E-state index in [2.05, 4.69) is 23.3 Å². The van der Waals surface area contributed by atoms with E-state index >= 15 is 0 Å². The first-order valence-corrected chi connectivity index (χ1v) is 8.16. The van der Waals surface area contributed by atoms with E-state index in [1.165, 1.54) is 5.56 Å². The van der Waals surface area contributed by atoms with E-state index < -0.39 is 0 Å². The molecule has 0 fully saturated rings. The number of para-hydroxylation sites is 1. The van der Waals surface area contributed by atoms with Crippen molar-refractivity contribution in [1.29, 1.82) is 0 Å². The highest BCUT2D eigenvalue weighted by atomic mass is 16.5. The molecule has 0 spiro atoms. The van der Waals surface area contributed by atoms with Gasteiger partial charge in [-0.1, -0.05) is 30.3 Å². The number of ether oxygens (including phenoxy) is 1. The lowest BCUT2D eigenvalue weighted by atomic mass is 10.1. The van der Waals surface area contributed by atoms with Crippen LogP contribution >= 0.6 is 0 Å². The maximum Gasteiger partial charge on any atom is 0.224 e. The molecule has 2 N–H and O–H groups in total. The molecule has 0 aliphatic heterocycles. The van der Waals surface area contributed by atoms with E-state index in [9.17, 15) is 4.79 Å². The zero-order chi connectivity index (χ0) is 16.9. The highest BCUT2D eigenvalue weighted by molar-refractivity contribution is 5.88. The minimum Gasteiger partial charge on any atom is -0.491 e. The van der Waals surface area contributed by atoms with Crippen LogP contribution < -0.4 is 10.1 Å². The third-order valence-electron chi connectivity index (χ3n) is 4.26. The highest BCUT2D eigenvalue weighted by Crippen LogP contribution is 2.20. The molecule has 0 bridgehead atoms. The summed E-state index contributed by atoms with van der Waals surface area (Å²) in [5.74, 6) is 0.880. The summed E-state index contributed by atoms with van der Waals surface area (Å²) in [5, 5.41) is 4.01. The van der Waals surface area contributed by atoms with E-state index in [1.807, 2.05) is 49.5 Å². The number of nitrogens with one attached hydrogen (secondary N) is 2. The van der Waals surface area contributed by atoms with Crippen molar-refractivity contribution in [3.63, 3.8) is 0 Å². The number of benzene rings is 2. The monoisotopic (exact) mass is 322 g/mol. The molecule has 2 aromatic carbocycles. The van der Waals surface area contributed by atoms with Gasteiger partial charge >= 0.3 is 0 Å². The van der Waals surface area contributed by atoms with Crippen molar-refractivity contribution in [2.75, 3.05) is 13.2 Å². The Bertz CT molecular complexity index is 852. The summed E-state index contributed by atoms with van der Waals surface area (Å²) in [6.07, 6.45) is 2.27. The Kier molecular flexibility index (Phi) is 4.85. The highest BCUT2D eigenvalue weighted by Gasteiger charge is 2.08. The number of H-pyrrole nitrogens is 1. The van der Waals surface area contributed by atoms with Crippen LogP contribution in [0.15, 0.2) is 48.7 Å². The van der Waals surface area contributed by atoms with Crippen LogP contribution in [0.3, 0.4) is 0 Å². The molecule has 0 aliphatic carbocycles. The smallest absolute Gasteiger partial charge is 0.224 e. The van der Waals surface area contributed by atoms with Gasteiger partial charge in [-0.25, -0.2) is 0 Å². The summed E-state index contributed by atoms with van der Waals surface area (Å²) in [4.78, 5) is 15.3. The normalized spacial score (nSPS) is 10.8. The Morgan fingerprint density at radius 1 is 1.12 bits per heavy atom. The van der Waals surface area contributed by atoms with Crippen LogP contribution in [0.25, 0.3) is 10.9 Å². The minimum absolute atomic E-state index is 0.00400. The Morgan fingerprint density at radius 3 is 2.83 bits per heavy atom. The van der Waals surface area contributed by atoms with Crippen LogP contribution in [-0.2, 0) is 11.2 Å². The van der Waals surface area contributed by atoms with Gasteiger partial charge in [-0.05, 0) is 42.7 Å². The predicted molar refractivity (Wildman–Crippen MR) is 96.4 cm³/mol. The number of aromatic nitrogens is 1. The van der Waals surface area contributed by atoms with Gasteiger partial charge in [0, 0.05) is 17.1 Å². The largest absolute Gasteiger partial charge is 0.491 e. The molecular formula is C20H22N2O2. The number of rotatable bonds is 6. The number of fused-ring (bicyclic) bond motifs is 1. The van der Waals surface area contributed by atoms with Crippen molar-refractivity contribution in [2.24, 2.45) is 0 Å². The summed E-state index contributed by atoms with van der Waals surface area (Å²) in [7, 11) is 0. The van der Waals surface area contributed by atoms with Gasteiger partial charge < -0.3 is 15.0 Å². The maximum absolute atomic E-state index is 12.1. The fourth-order valence-electron chi connectivity index (χ4n) is 2.75. The number of aryl methyl sites for hydroxylation is 1. The summed E-state index contributed by atoms with van der Waals surface area (Å²) < 4.78 is 5.75. The quantitative estimate of drug-likeness (QED) is 0.682. The van der Waals surface area contributed by atoms with Crippen LogP contribution in [0.4, 0.5) is 0 Å². The molecule has 0 unspecified atom stereocenters. The average molecular weight is 322 g/mol. The number of hydrogen-bond acceptors (Lipinski definition) is 2. The van der Waals surface area contributed by atoms with Crippen molar-refractivity contribution in [3.05, 3.63) is 65.4 Å². The number of aromatic amines is 1. The molecule has 3 aromatic rings. The van der Waals surface area contributed by atoms with Crippen LogP contribution in [0.1, 0.15) is 16.7 Å². The second-order valence-electron chi connectivity index (χ2n) is 5.93. The lowest BCUT2D eigenvalue weighted by Gasteiger charge is -2.11. The molecular weight excluding hydrogens is 300 g/mol. The van der Waals surface area contributed by atoms with Crippen molar-refractivity contribution in [2.45, 2.75) is 20.3 Å². The Labute approximate surface area is 141 Å². The molecule has 1 heterocycles. The van der Waals surface area contributed by atoms with Gasteiger partial charge in [0.05, 0.1) is 13.0 Å². The fourth-order valence-corrected chi connectivity index (χ4v) is 2.75. The molecule has 0 saturated carbocycles. The predicted octanol–water partition coefficient (Wildman–Crippen LogP) is 3.52. The average Bonchev–Trinajstić information content (AvgIpc) is 2.98. The number of amides is 1. The minimum atomic E-state index is 0.00400. The second kappa shape index (κ2) is 7.21. The lowest BCUT2D eigenvalue weighted by Crippen LogP contribution is -2.29. The lowest BCUT2D eigenvalue weighted by molar-refractivity contribution is -0.120. The third-order valence-corrected chi connectivity index (χ3v) is 4.26. The van der Waals surface area contributed by atoms with E-state index in [0.717, 1.165) is 27.8 Å². The first-order chi connectivity index (χ1) is 11.6. The maximum atomic E-state index is 12.1. The van der Waals surface area contributed by atoms with Gasteiger partial charge in [-0.15, -0.1) is 0 Å². The molecule has 0 atom stereocenters. The molecule has 0 saturated heterocycles. The van der Waals surface area contributed by atoms with Crippen molar-refractivity contribution >= 4 is 16.8 Å². The van der Waals surface area contributed by atoms with Gasteiger partial charge in [-0.3, -0.25) is 4.79 Å². The summed E-state index contributed by atoms with van der Waals surface area (Å²) in [5.41, 5.74) is 4.41. The zero-order valence-corrected chi connectivity index (χ0v) is 14.1. The van der Waals surface area contributed by atoms with Gasteiger partial charge in [0.1, 0.15) is 12.4 Å². The van der Waals surface area contributed by atoms with E-state index in [0.29, 0.717) is 19.6 Å². The molecule has 1 amide bonds. The SMILES string of the molecule is Cc1cccc(OCCNC(=O)Cc2c[nH]c3ccccc23)c1C. The second-order valence-corrected chi connectivity index (χ2v) is 5.93. The summed E-state index contributed by atoms with van der Waals surface area (Å²) >= 11 is 0. The van der Waals surface area contributed by atoms with Crippen molar-refractivity contribution in [1.82, 2.24) is 10.3 Å². The Hall–Kier alpha value is -2.75. The molecule has 4 nitrogen and oxygen atoms in total. The third kappa shape index (κ3) is 3.59. The number of carbonyl (C=O) groups is 1. The summed E-state index contributed by atoms with van der Waals surface area (Å²) in [6.45, 7) is 5.06. The fraction of sp³-hybridized carbons (Fsp3) is 0.250. The molecule has 0 radical (unpaired) electrons. The molecule has 3 rings (SSSR count). The molecule has 4 heteroatoms. The number of carbonyl (C=O) groups excluding carboxylic acids is 1. The molecule has 24 heavy (non-hydrogen) atoms. The van der Waals surface area contributed by atoms with E-state index in [-0.39, 0.29) is 5.91 Å².